The summed E-state index contributed by atoms with van der Waals surface area (Å²) < 4.78 is 38.9. The van der Waals surface area contributed by atoms with Crippen LogP contribution in [-0.4, -0.2) is 44.9 Å². The van der Waals surface area contributed by atoms with Gasteiger partial charge in [-0.2, -0.15) is 13.2 Å². The number of rotatable bonds is 3. The first kappa shape index (κ1) is 18.2. The second-order valence-corrected chi connectivity index (χ2v) is 8.37. The maximum atomic E-state index is 12.6. The number of aryl methyl sites for hydroxylation is 2. The van der Waals surface area contributed by atoms with Gasteiger partial charge < -0.3 is 4.90 Å². The molecule has 0 N–H and O–H groups in total. The van der Waals surface area contributed by atoms with E-state index in [-0.39, 0.29) is 12.1 Å². The van der Waals surface area contributed by atoms with Crippen molar-refractivity contribution in [2.24, 2.45) is 7.05 Å². The number of nitrogens with zero attached hydrogens (tertiary/aromatic N) is 3. The van der Waals surface area contributed by atoms with E-state index in [1.807, 2.05) is 13.8 Å². The molecule has 2 aromatic heterocycles. The highest BCUT2D eigenvalue weighted by Gasteiger charge is 2.40. The number of halogens is 3. The lowest BCUT2D eigenvalue weighted by molar-refractivity contribution is -0.157. The Hall–Kier alpha value is -1.55. The minimum Gasteiger partial charge on any atom is -0.333 e. The lowest BCUT2D eigenvalue weighted by Crippen LogP contribution is -2.37. The van der Waals surface area contributed by atoms with Crippen molar-refractivity contribution in [2.45, 2.75) is 36.9 Å². The quantitative estimate of drug-likeness (QED) is 0.755. The molecule has 10 heteroatoms. The molecule has 5 nitrogen and oxygen atoms in total. The monoisotopic (exact) mass is 391 g/mol. The first-order chi connectivity index (χ1) is 11.6. The van der Waals surface area contributed by atoms with E-state index in [0.29, 0.717) is 21.8 Å². The number of thiophene rings is 1. The third-order valence-corrected chi connectivity index (χ3v) is 6.63. The number of thioether (sulfide) groups is 1. The molecule has 0 spiro atoms. The molecule has 1 saturated heterocycles. The molecule has 1 aliphatic rings. The number of aromatic nitrogens is 2. The Morgan fingerprint density at radius 3 is 2.64 bits per heavy atom. The highest BCUT2D eigenvalue weighted by atomic mass is 32.2. The zero-order valence-corrected chi connectivity index (χ0v) is 15.4. The molecule has 0 radical (unpaired) electrons. The van der Waals surface area contributed by atoms with Crippen LogP contribution < -0.4 is 5.56 Å². The van der Waals surface area contributed by atoms with Crippen LogP contribution in [-0.2, 0) is 11.8 Å². The molecule has 1 atom stereocenters. The van der Waals surface area contributed by atoms with E-state index in [1.54, 1.807) is 7.05 Å². The average molecular weight is 391 g/mol. The average Bonchev–Trinajstić information content (AvgIpc) is 2.97. The SMILES string of the molecule is Cc1sc2nc(SC3CCN(CC(F)(F)F)C3=O)n(C)c(=O)c2c1C. The fourth-order valence-electron chi connectivity index (χ4n) is 2.78. The Balaban J connectivity index is 1.88. The molecule has 0 bridgehead atoms. The van der Waals surface area contributed by atoms with E-state index in [0.717, 1.165) is 27.1 Å². The first-order valence-electron chi connectivity index (χ1n) is 7.57. The van der Waals surface area contributed by atoms with Crippen molar-refractivity contribution in [1.82, 2.24) is 14.5 Å². The van der Waals surface area contributed by atoms with Crippen molar-refractivity contribution in [1.29, 1.82) is 0 Å². The van der Waals surface area contributed by atoms with Crippen LogP contribution in [0.5, 0.6) is 0 Å². The molecule has 1 fully saturated rings. The Morgan fingerprint density at radius 1 is 1.32 bits per heavy atom. The second-order valence-electron chi connectivity index (χ2n) is 5.99. The molecule has 136 valence electrons. The maximum absolute atomic E-state index is 12.6. The van der Waals surface area contributed by atoms with Gasteiger partial charge in [0.2, 0.25) is 5.91 Å². The third-order valence-electron chi connectivity index (χ3n) is 4.24. The standard InChI is InChI=1S/C15H16F3N3O2S2/c1-7-8(2)24-11-10(7)13(23)20(3)14(19-11)25-9-4-5-21(12(9)22)6-15(16,17)18/h9H,4-6H2,1-3H3. The van der Waals surface area contributed by atoms with Crippen LogP contribution in [0.1, 0.15) is 16.9 Å². The van der Waals surface area contributed by atoms with Crippen molar-refractivity contribution in [2.75, 3.05) is 13.1 Å². The molecule has 1 amide bonds. The minimum atomic E-state index is -4.41. The summed E-state index contributed by atoms with van der Waals surface area (Å²) in [5.41, 5.74) is 0.685. The predicted molar refractivity (Wildman–Crippen MR) is 91.2 cm³/mol. The third kappa shape index (κ3) is 3.41. The molecular weight excluding hydrogens is 375 g/mol. The van der Waals surface area contributed by atoms with Gasteiger partial charge in [-0.3, -0.25) is 14.2 Å². The molecular formula is C15H16F3N3O2S2. The number of likely N-dealkylation sites (tertiary alicyclic amines) is 1. The summed E-state index contributed by atoms with van der Waals surface area (Å²) in [6, 6.07) is 0. The van der Waals surface area contributed by atoms with E-state index < -0.39 is 23.9 Å². The van der Waals surface area contributed by atoms with Crippen molar-refractivity contribution in [3.63, 3.8) is 0 Å². The molecule has 3 heterocycles. The zero-order valence-electron chi connectivity index (χ0n) is 13.8. The van der Waals surface area contributed by atoms with Crippen molar-refractivity contribution in [3.05, 3.63) is 20.8 Å². The van der Waals surface area contributed by atoms with E-state index >= 15 is 0 Å². The smallest absolute Gasteiger partial charge is 0.333 e. The molecule has 1 aliphatic heterocycles. The van der Waals surface area contributed by atoms with Gasteiger partial charge in [0.1, 0.15) is 11.4 Å². The van der Waals surface area contributed by atoms with Gasteiger partial charge in [-0.05, 0) is 25.8 Å². The Kier molecular flexibility index (Phi) is 4.61. The predicted octanol–water partition coefficient (Wildman–Crippen LogP) is 2.87. The molecule has 0 saturated carbocycles. The summed E-state index contributed by atoms with van der Waals surface area (Å²) in [6.45, 7) is 2.59. The van der Waals surface area contributed by atoms with E-state index in [4.69, 9.17) is 0 Å². The fourth-order valence-corrected chi connectivity index (χ4v) is 4.97. The van der Waals surface area contributed by atoms with Gasteiger partial charge >= 0.3 is 6.18 Å². The van der Waals surface area contributed by atoms with Crippen LogP contribution in [0.3, 0.4) is 0 Å². The number of fused-ring (bicyclic) bond motifs is 1. The number of carbonyl (C=O) groups excluding carboxylic acids is 1. The van der Waals surface area contributed by atoms with E-state index in [2.05, 4.69) is 4.98 Å². The van der Waals surface area contributed by atoms with Gasteiger partial charge in [-0.15, -0.1) is 11.3 Å². The summed E-state index contributed by atoms with van der Waals surface area (Å²) in [5, 5.41) is 0.261. The van der Waals surface area contributed by atoms with Gasteiger partial charge in [0.15, 0.2) is 5.16 Å². The minimum absolute atomic E-state index is 0.0589. The van der Waals surface area contributed by atoms with Crippen LogP contribution in [0.25, 0.3) is 10.2 Å². The number of hydrogen-bond acceptors (Lipinski definition) is 5. The highest BCUT2D eigenvalue weighted by Crippen LogP contribution is 2.33. The van der Waals surface area contributed by atoms with Crippen molar-refractivity contribution >= 4 is 39.2 Å². The number of alkyl halides is 3. The number of amides is 1. The van der Waals surface area contributed by atoms with Crippen LogP contribution >= 0.6 is 23.1 Å². The van der Waals surface area contributed by atoms with Crippen LogP contribution in [0, 0.1) is 13.8 Å². The zero-order chi connectivity index (χ0) is 18.5. The molecule has 3 rings (SSSR count). The van der Waals surface area contributed by atoms with E-state index in [1.165, 1.54) is 15.9 Å². The largest absolute Gasteiger partial charge is 0.406 e. The normalized spacial score (nSPS) is 18.6. The fraction of sp³-hybridized carbons (Fsp3) is 0.533. The van der Waals surface area contributed by atoms with Gasteiger partial charge in [0, 0.05) is 18.5 Å². The van der Waals surface area contributed by atoms with Gasteiger partial charge in [-0.1, -0.05) is 11.8 Å². The number of carbonyl (C=O) groups is 1. The van der Waals surface area contributed by atoms with Crippen molar-refractivity contribution < 1.29 is 18.0 Å². The Morgan fingerprint density at radius 2 is 2.00 bits per heavy atom. The molecule has 25 heavy (non-hydrogen) atoms. The molecule has 2 aromatic rings. The number of hydrogen-bond donors (Lipinski definition) is 0. The van der Waals surface area contributed by atoms with Crippen LogP contribution in [0.4, 0.5) is 13.2 Å². The van der Waals surface area contributed by atoms with Gasteiger partial charge in [0.25, 0.3) is 5.56 Å². The summed E-state index contributed by atoms with van der Waals surface area (Å²) in [4.78, 5) is 31.6. The lowest BCUT2D eigenvalue weighted by Gasteiger charge is -2.18. The van der Waals surface area contributed by atoms with Crippen molar-refractivity contribution in [3.8, 4) is 0 Å². The van der Waals surface area contributed by atoms with Gasteiger partial charge in [-0.25, -0.2) is 4.98 Å². The summed E-state index contributed by atoms with van der Waals surface area (Å²) in [6.07, 6.45) is -4.11. The highest BCUT2D eigenvalue weighted by molar-refractivity contribution is 8.00. The van der Waals surface area contributed by atoms with Crippen LogP contribution in [0.2, 0.25) is 0 Å². The van der Waals surface area contributed by atoms with E-state index in [9.17, 15) is 22.8 Å². The Bertz CT molecular complexity index is 904. The second kappa shape index (κ2) is 6.31. The van der Waals surface area contributed by atoms with Gasteiger partial charge in [0.05, 0.1) is 10.6 Å². The first-order valence-corrected chi connectivity index (χ1v) is 9.27. The summed E-state index contributed by atoms with van der Waals surface area (Å²) in [7, 11) is 1.57. The topological polar surface area (TPSA) is 55.2 Å². The van der Waals surface area contributed by atoms with Crippen LogP contribution in [0.15, 0.2) is 9.95 Å². The molecule has 0 aliphatic carbocycles. The Labute approximate surface area is 149 Å². The summed E-state index contributed by atoms with van der Waals surface area (Å²) in [5.74, 6) is -0.560. The maximum Gasteiger partial charge on any atom is 0.406 e. The lowest BCUT2D eigenvalue weighted by atomic mass is 10.2. The molecule has 0 aromatic carbocycles. The summed E-state index contributed by atoms with van der Waals surface area (Å²) >= 11 is 2.46. The molecule has 1 unspecified atom stereocenters.